The third kappa shape index (κ3) is 3.89. The van der Waals surface area contributed by atoms with Gasteiger partial charge in [0.1, 0.15) is 5.82 Å². The normalized spacial score (nSPS) is 15.4. The number of nitrogens with zero attached hydrogens (tertiary/aromatic N) is 3. The molecule has 1 aliphatic rings. The standard InChI is InChI=1S/C19H24N4/c1-3-11-20-18-14-17(16-7-5-4-6-8-16)21-19(22-18)23-12-9-15(2)10-13-23/h3-8,14-15H,1,9-13H2,2H3,(H,20,21,22). The van der Waals surface area contributed by atoms with E-state index in [1.165, 1.54) is 12.8 Å². The molecular formula is C19H24N4. The molecule has 1 fully saturated rings. The second-order valence-corrected chi connectivity index (χ2v) is 6.14. The molecule has 0 bridgehead atoms. The molecule has 2 heterocycles. The fourth-order valence-corrected chi connectivity index (χ4v) is 2.81. The molecule has 0 amide bonds. The maximum atomic E-state index is 4.81. The summed E-state index contributed by atoms with van der Waals surface area (Å²) in [7, 11) is 0. The Balaban J connectivity index is 1.93. The highest BCUT2D eigenvalue weighted by Crippen LogP contribution is 2.25. The van der Waals surface area contributed by atoms with Crippen molar-refractivity contribution < 1.29 is 0 Å². The van der Waals surface area contributed by atoms with Crippen molar-refractivity contribution in [1.82, 2.24) is 9.97 Å². The number of hydrogen-bond donors (Lipinski definition) is 1. The number of nitrogens with one attached hydrogen (secondary N) is 1. The molecule has 1 saturated heterocycles. The number of benzene rings is 1. The van der Waals surface area contributed by atoms with Gasteiger partial charge < -0.3 is 10.2 Å². The van der Waals surface area contributed by atoms with E-state index in [1.54, 1.807) is 0 Å². The van der Waals surface area contributed by atoms with E-state index < -0.39 is 0 Å². The minimum absolute atomic E-state index is 0.696. The zero-order valence-electron chi connectivity index (χ0n) is 13.7. The van der Waals surface area contributed by atoms with Crippen LogP contribution in [-0.2, 0) is 0 Å². The number of hydrogen-bond acceptors (Lipinski definition) is 4. The Morgan fingerprint density at radius 3 is 2.65 bits per heavy atom. The number of rotatable bonds is 5. The second-order valence-electron chi connectivity index (χ2n) is 6.14. The molecule has 1 aromatic carbocycles. The van der Waals surface area contributed by atoms with Crippen LogP contribution in [0.3, 0.4) is 0 Å². The summed E-state index contributed by atoms with van der Waals surface area (Å²) >= 11 is 0. The van der Waals surface area contributed by atoms with E-state index in [4.69, 9.17) is 9.97 Å². The fraction of sp³-hybridized carbons (Fsp3) is 0.368. The Labute approximate surface area is 138 Å². The first-order valence-electron chi connectivity index (χ1n) is 8.30. The van der Waals surface area contributed by atoms with Crippen LogP contribution in [-0.4, -0.2) is 29.6 Å². The summed E-state index contributed by atoms with van der Waals surface area (Å²) in [4.78, 5) is 11.8. The highest BCUT2D eigenvalue weighted by Gasteiger charge is 2.19. The highest BCUT2D eigenvalue weighted by molar-refractivity contribution is 5.64. The van der Waals surface area contributed by atoms with Crippen molar-refractivity contribution >= 4 is 11.8 Å². The van der Waals surface area contributed by atoms with Gasteiger partial charge >= 0.3 is 0 Å². The van der Waals surface area contributed by atoms with Crippen LogP contribution in [0.5, 0.6) is 0 Å². The largest absolute Gasteiger partial charge is 0.366 e. The lowest BCUT2D eigenvalue weighted by Gasteiger charge is -2.30. The zero-order chi connectivity index (χ0) is 16.1. The molecule has 0 saturated carbocycles. The van der Waals surface area contributed by atoms with Gasteiger partial charge in [0.15, 0.2) is 0 Å². The summed E-state index contributed by atoms with van der Waals surface area (Å²) in [5.74, 6) is 2.47. The smallest absolute Gasteiger partial charge is 0.227 e. The average molecular weight is 308 g/mol. The summed E-state index contributed by atoms with van der Waals surface area (Å²) in [6.45, 7) is 8.83. The maximum Gasteiger partial charge on any atom is 0.227 e. The third-order valence-electron chi connectivity index (χ3n) is 4.28. The Hall–Kier alpha value is -2.36. The average Bonchev–Trinajstić information content (AvgIpc) is 2.61. The minimum Gasteiger partial charge on any atom is -0.366 e. The van der Waals surface area contributed by atoms with E-state index in [-0.39, 0.29) is 0 Å². The van der Waals surface area contributed by atoms with Crippen LogP contribution in [0.15, 0.2) is 49.1 Å². The summed E-state index contributed by atoms with van der Waals surface area (Å²) < 4.78 is 0. The van der Waals surface area contributed by atoms with E-state index >= 15 is 0 Å². The molecule has 0 spiro atoms. The number of anilines is 2. The van der Waals surface area contributed by atoms with Crippen LogP contribution in [0.1, 0.15) is 19.8 Å². The van der Waals surface area contributed by atoms with Crippen molar-refractivity contribution in [3.63, 3.8) is 0 Å². The Kier molecular flexibility index (Phi) is 4.91. The van der Waals surface area contributed by atoms with Gasteiger partial charge in [-0.2, -0.15) is 4.98 Å². The van der Waals surface area contributed by atoms with Crippen molar-refractivity contribution in [2.75, 3.05) is 29.9 Å². The lowest BCUT2D eigenvalue weighted by Crippen LogP contribution is -2.34. The lowest BCUT2D eigenvalue weighted by atomic mass is 10.00. The van der Waals surface area contributed by atoms with Crippen LogP contribution >= 0.6 is 0 Å². The van der Waals surface area contributed by atoms with E-state index in [1.807, 2.05) is 30.3 Å². The van der Waals surface area contributed by atoms with Gasteiger partial charge in [-0.25, -0.2) is 4.98 Å². The predicted octanol–water partition coefficient (Wildman–Crippen LogP) is 3.98. The quantitative estimate of drug-likeness (QED) is 0.848. The molecule has 1 aliphatic heterocycles. The Morgan fingerprint density at radius 2 is 1.96 bits per heavy atom. The summed E-state index contributed by atoms with van der Waals surface area (Å²) in [6.07, 6.45) is 4.25. The van der Waals surface area contributed by atoms with Gasteiger partial charge in [-0.15, -0.1) is 6.58 Å². The Bertz CT molecular complexity index is 646. The number of piperidine rings is 1. The van der Waals surface area contributed by atoms with Gasteiger partial charge in [0.25, 0.3) is 0 Å². The molecular weight excluding hydrogens is 284 g/mol. The topological polar surface area (TPSA) is 41.1 Å². The van der Waals surface area contributed by atoms with E-state index in [9.17, 15) is 0 Å². The van der Waals surface area contributed by atoms with Crippen molar-refractivity contribution in [2.45, 2.75) is 19.8 Å². The fourth-order valence-electron chi connectivity index (χ4n) is 2.81. The first-order valence-corrected chi connectivity index (χ1v) is 8.30. The van der Waals surface area contributed by atoms with Crippen molar-refractivity contribution in [3.8, 4) is 11.3 Å². The van der Waals surface area contributed by atoms with Crippen LogP contribution < -0.4 is 10.2 Å². The third-order valence-corrected chi connectivity index (χ3v) is 4.28. The maximum absolute atomic E-state index is 4.81. The van der Waals surface area contributed by atoms with Crippen molar-refractivity contribution in [3.05, 3.63) is 49.1 Å². The molecule has 23 heavy (non-hydrogen) atoms. The molecule has 0 radical (unpaired) electrons. The van der Waals surface area contributed by atoms with E-state index in [0.29, 0.717) is 6.54 Å². The van der Waals surface area contributed by atoms with Crippen molar-refractivity contribution in [1.29, 1.82) is 0 Å². The summed E-state index contributed by atoms with van der Waals surface area (Å²) in [6, 6.07) is 12.3. The molecule has 1 aromatic heterocycles. The van der Waals surface area contributed by atoms with Crippen LogP contribution in [0.2, 0.25) is 0 Å². The molecule has 2 aromatic rings. The van der Waals surface area contributed by atoms with Crippen LogP contribution in [0.4, 0.5) is 11.8 Å². The lowest BCUT2D eigenvalue weighted by molar-refractivity contribution is 0.434. The summed E-state index contributed by atoms with van der Waals surface area (Å²) in [5.41, 5.74) is 2.07. The monoisotopic (exact) mass is 308 g/mol. The molecule has 0 unspecified atom stereocenters. The second kappa shape index (κ2) is 7.27. The summed E-state index contributed by atoms with van der Waals surface area (Å²) in [5, 5.41) is 3.30. The van der Waals surface area contributed by atoms with Gasteiger partial charge in [0.2, 0.25) is 5.95 Å². The molecule has 4 heteroatoms. The van der Waals surface area contributed by atoms with Gasteiger partial charge in [-0.1, -0.05) is 43.3 Å². The molecule has 0 atom stereocenters. The van der Waals surface area contributed by atoms with Gasteiger partial charge in [-0.3, -0.25) is 0 Å². The van der Waals surface area contributed by atoms with Crippen LogP contribution in [0, 0.1) is 5.92 Å². The highest BCUT2D eigenvalue weighted by atomic mass is 15.3. The van der Waals surface area contributed by atoms with Crippen molar-refractivity contribution in [2.24, 2.45) is 5.92 Å². The zero-order valence-corrected chi connectivity index (χ0v) is 13.7. The van der Waals surface area contributed by atoms with Gasteiger partial charge in [-0.05, 0) is 18.8 Å². The molecule has 4 nitrogen and oxygen atoms in total. The molecule has 0 aliphatic carbocycles. The van der Waals surface area contributed by atoms with E-state index in [0.717, 1.165) is 42.0 Å². The predicted molar refractivity (Wildman–Crippen MR) is 96.8 cm³/mol. The SMILES string of the molecule is C=CCNc1cc(-c2ccccc2)nc(N2CCC(C)CC2)n1. The first-order chi connectivity index (χ1) is 11.3. The van der Waals surface area contributed by atoms with Crippen LogP contribution in [0.25, 0.3) is 11.3 Å². The Morgan fingerprint density at radius 1 is 1.22 bits per heavy atom. The first kappa shape index (κ1) is 15.5. The molecule has 1 N–H and O–H groups in total. The minimum atomic E-state index is 0.696. The number of aromatic nitrogens is 2. The molecule has 120 valence electrons. The van der Waals surface area contributed by atoms with E-state index in [2.05, 4.69) is 35.9 Å². The van der Waals surface area contributed by atoms with Gasteiger partial charge in [0.05, 0.1) is 5.69 Å². The van der Waals surface area contributed by atoms with Gasteiger partial charge in [0, 0.05) is 31.3 Å². The molecule has 3 rings (SSSR count).